The predicted octanol–water partition coefficient (Wildman–Crippen LogP) is 0.742. The zero-order valence-corrected chi connectivity index (χ0v) is 9.39. The van der Waals surface area contributed by atoms with Crippen molar-refractivity contribution in [2.24, 2.45) is 0 Å². The van der Waals surface area contributed by atoms with Gasteiger partial charge in [-0.15, -0.1) is 0 Å². The molecular weight excluding hydrogens is 258 g/mol. The average molecular weight is 268 g/mol. The summed E-state index contributed by atoms with van der Waals surface area (Å²) < 4.78 is 24.5. The second kappa shape index (κ2) is 4.21. The molecule has 0 radical (unpaired) electrons. The van der Waals surface area contributed by atoms with Crippen LogP contribution >= 0.6 is 15.9 Å². The van der Waals surface area contributed by atoms with Crippen LogP contribution in [0.2, 0.25) is 0 Å². The van der Waals surface area contributed by atoms with Crippen LogP contribution in [0.15, 0.2) is 12.4 Å². The minimum Gasteiger partial charge on any atom is -0.347 e. The molecule has 0 aromatic carbocycles. The van der Waals surface area contributed by atoms with E-state index in [0.29, 0.717) is 5.82 Å². The van der Waals surface area contributed by atoms with Crippen molar-refractivity contribution in [3.8, 4) is 0 Å². The Bertz CT molecular complexity index is 348. The minimum atomic E-state index is -3.24. The first-order valence-electron chi connectivity index (χ1n) is 3.60. The second-order valence-electron chi connectivity index (χ2n) is 2.54. The Balaban J connectivity index is 2.67. The molecule has 0 saturated carbocycles. The zero-order chi connectivity index (χ0) is 9.90. The normalized spacial score (nSPS) is 14.3. The van der Waals surface area contributed by atoms with Crippen molar-refractivity contribution in [1.29, 1.82) is 0 Å². The van der Waals surface area contributed by atoms with Crippen molar-refractivity contribution >= 4 is 26.0 Å². The first-order chi connectivity index (χ1) is 6.05. The molecule has 0 amide bonds. The van der Waals surface area contributed by atoms with Crippen LogP contribution in [0.4, 0.5) is 0 Å². The second-order valence-corrected chi connectivity index (χ2v) is 5.59. The Morgan fingerprint density at radius 1 is 1.77 bits per heavy atom. The summed E-state index contributed by atoms with van der Waals surface area (Å²) in [6, 6.07) is -0.336. The lowest BCUT2D eigenvalue weighted by atomic mass is 10.3. The van der Waals surface area contributed by atoms with Gasteiger partial charge < -0.3 is 4.98 Å². The number of aromatic amines is 1. The summed E-state index contributed by atoms with van der Waals surface area (Å²) >= 11 is 2.88. The highest BCUT2D eigenvalue weighted by Gasteiger charge is 2.15. The van der Waals surface area contributed by atoms with Gasteiger partial charge in [0.25, 0.3) is 0 Å². The number of rotatable bonds is 4. The van der Waals surface area contributed by atoms with E-state index in [9.17, 15) is 8.42 Å². The largest absolute Gasteiger partial charge is 0.347 e. The molecule has 0 fully saturated rings. The highest BCUT2D eigenvalue weighted by atomic mass is 79.9. The summed E-state index contributed by atoms with van der Waals surface area (Å²) in [5.74, 6) is 0.601. The first-order valence-corrected chi connectivity index (χ1v) is 6.38. The van der Waals surface area contributed by atoms with Crippen LogP contribution in [0.25, 0.3) is 0 Å². The number of alkyl halides is 1. The van der Waals surface area contributed by atoms with Gasteiger partial charge in [0.15, 0.2) is 0 Å². The lowest BCUT2D eigenvalue weighted by Crippen LogP contribution is -2.28. The first kappa shape index (κ1) is 10.7. The average Bonchev–Trinajstić information content (AvgIpc) is 2.55. The summed E-state index contributed by atoms with van der Waals surface area (Å²) in [6.45, 7) is 1.72. The molecule has 1 aromatic heterocycles. The third kappa shape index (κ3) is 3.09. The number of nitrogens with zero attached hydrogens (tertiary/aromatic N) is 1. The molecule has 1 atom stereocenters. The molecule has 1 heterocycles. The summed E-state index contributed by atoms with van der Waals surface area (Å²) in [4.78, 5) is 6.77. The summed E-state index contributed by atoms with van der Waals surface area (Å²) in [5.41, 5.74) is 0. The van der Waals surface area contributed by atoms with Crippen LogP contribution in [0.3, 0.4) is 0 Å². The highest BCUT2D eigenvalue weighted by molar-refractivity contribution is 9.10. The molecule has 0 bridgehead atoms. The third-order valence-electron chi connectivity index (χ3n) is 1.43. The number of hydrogen-bond acceptors (Lipinski definition) is 3. The van der Waals surface area contributed by atoms with Crippen LogP contribution < -0.4 is 4.72 Å². The molecule has 1 unspecified atom stereocenters. The van der Waals surface area contributed by atoms with Crippen LogP contribution in [-0.2, 0) is 10.0 Å². The van der Waals surface area contributed by atoms with Crippen LogP contribution in [-0.4, -0.2) is 23.0 Å². The molecule has 1 rings (SSSR count). The number of hydrogen-bond donors (Lipinski definition) is 2. The molecule has 2 N–H and O–H groups in total. The highest BCUT2D eigenvalue weighted by Crippen LogP contribution is 2.07. The lowest BCUT2D eigenvalue weighted by Gasteiger charge is -2.09. The number of aromatic nitrogens is 2. The van der Waals surface area contributed by atoms with Crippen molar-refractivity contribution in [1.82, 2.24) is 14.7 Å². The zero-order valence-electron chi connectivity index (χ0n) is 6.99. The van der Waals surface area contributed by atoms with Gasteiger partial charge >= 0.3 is 0 Å². The fourth-order valence-corrected chi connectivity index (χ4v) is 1.98. The van der Waals surface area contributed by atoms with Gasteiger partial charge in [-0.25, -0.2) is 18.1 Å². The lowest BCUT2D eigenvalue weighted by molar-refractivity contribution is 0.566. The number of sulfonamides is 1. The van der Waals surface area contributed by atoms with E-state index in [2.05, 4.69) is 30.6 Å². The number of imidazole rings is 1. The molecule has 0 saturated heterocycles. The summed E-state index contributed by atoms with van der Waals surface area (Å²) in [5, 5.41) is 0. The molecule has 74 valence electrons. The molecule has 7 heteroatoms. The van der Waals surface area contributed by atoms with Crippen molar-refractivity contribution in [2.45, 2.75) is 13.0 Å². The standard InChI is InChI=1S/C6H10BrN3O2S/c1-5(6-8-2-3-9-6)10-13(11,12)4-7/h2-3,5,10H,4H2,1H3,(H,8,9). The molecule has 0 aliphatic heterocycles. The van der Waals surface area contributed by atoms with Gasteiger partial charge in [-0.1, -0.05) is 15.9 Å². The van der Waals surface area contributed by atoms with Crippen LogP contribution in [0, 0.1) is 0 Å². The van der Waals surface area contributed by atoms with E-state index in [1.165, 1.54) is 0 Å². The number of H-pyrrole nitrogens is 1. The minimum absolute atomic E-state index is 0.106. The van der Waals surface area contributed by atoms with Crippen molar-refractivity contribution < 1.29 is 8.42 Å². The van der Waals surface area contributed by atoms with E-state index in [1.807, 2.05) is 0 Å². The Kier molecular flexibility index (Phi) is 3.46. The number of nitrogens with one attached hydrogen (secondary N) is 2. The van der Waals surface area contributed by atoms with Crippen molar-refractivity contribution in [3.05, 3.63) is 18.2 Å². The number of halogens is 1. The van der Waals surface area contributed by atoms with Crippen molar-refractivity contribution in [3.63, 3.8) is 0 Å². The third-order valence-corrected chi connectivity index (χ3v) is 4.24. The Morgan fingerprint density at radius 3 is 2.92 bits per heavy atom. The maximum absolute atomic E-state index is 11.1. The molecule has 0 aliphatic carbocycles. The monoisotopic (exact) mass is 267 g/mol. The smallest absolute Gasteiger partial charge is 0.222 e. The van der Waals surface area contributed by atoms with Gasteiger partial charge in [-0.05, 0) is 6.92 Å². The van der Waals surface area contributed by atoms with Gasteiger partial charge in [0, 0.05) is 12.4 Å². The van der Waals surface area contributed by atoms with Gasteiger partial charge in [0.2, 0.25) is 10.0 Å². The van der Waals surface area contributed by atoms with Gasteiger partial charge in [-0.3, -0.25) is 0 Å². The van der Waals surface area contributed by atoms with Crippen LogP contribution in [0.1, 0.15) is 18.8 Å². The van der Waals surface area contributed by atoms with E-state index < -0.39 is 10.0 Å². The fourth-order valence-electron chi connectivity index (χ4n) is 0.871. The maximum Gasteiger partial charge on any atom is 0.222 e. The van der Waals surface area contributed by atoms with Crippen LogP contribution in [0.5, 0.6) is 0 Å². The Hall–Kier alpha value is -0.400. The Morgan fingerprint density at radius 2 is 2.46 bits per heavy atom. The molecule has 0 spiro atoms. The van der Waals surface area contributed by atoms with E-state index in [1.54, 1.807) is 19.3 Å². The van der Waals surface area contributed by atoms with Crippen molar-refractivity contribution in [2.75, 3.05) is 4.66 Å². The van der Waals surface area contributed by atoms with Gasteiger partial charge in [0.1, 0.15) is 10.5 Å². The summed E-state index contributed by atoms with van der Waals surface area (Å²) in [7, 11) is -3.24. The predicted molar refractivity (Wildman–Crippen MR) is 52.9 cm³/mol. The van der Waals surface area contributed by atoms with E-state index in [4.69, 9.17) is 0 Å². The molecular formula is C6H10BrN3O2S. The fraction of sp³-hybridized carbons (Fsp3) is 0.500. The topological polar surface area (TPSA) is 74.8 Å². The van der Waals surface area contributed by atoms with E-state index in [0.717, 1.165) is 0 Å². The van der Waals surface area contributed by atoms with E-state index in [-0.39, 0.29) is 10.7 Å². The maximum atomic E-state index is 11.1. The molecule has 0 aliphatic rings. The molecule has 1 aromatic rings. The quantitative estimate of drug-likeness (QED) is 0.791. The molecule has 13 heavy (non-hydrogen) atoms. The Labute approximate surface area is 85.1 Å². The molecule has 5 nitrogen and oxygen atoms in total. The van der Waals surface area contributed by atoms with Gasteiger partial charge in [-0.2, -0.15) is 0 Å². The SMILES string of the molecule is CC(NS(=O)(=O)CBr)c1ncc[nH]1. The van der Waals surface area contributed by atoms with E-state index >= 15 is 0 Å². The summed E-state index contributed by atoms with van der Waals surface area (Å²) in [6.07, 6.45) is 3.22. The van der Waals surface area contributed by atoms with Gasteiger partial charge in [0.05, 0.1) is 6.04 Å².